The molecule has 2 aliphatic rings. The first-order valence-corrected chi connectivity index (χ1v) is 9.12. The first kappa shape index (κ1) is 16.8. The third-order valence-corrected chi connectivity index (χ3v) is 5.35. The molecular formula is C21H23N3O2. The van der Waals surface area contributed by atoms with Gasteiger partial charge < -0.3 is 10.2 Å². The number of fused-ring (bicyclic) bond motifs is 1. The molecule has 0 spiro atoms. The van der Waals surface area contributed by atoms with Gasteiger partial charge in [-0.2, -0.15) is 0 Å². The monoisotopic (exact) mass is 349 g/mol. The van der Waals surface area contributed by atoms with Gasteiger partial charge in [-0.1, -0.05) is 60.7 Å². The fraction of sp³-hybridized carbons (Fsp3) is 0.333. The molecule has 1 unspecified atom stereocenters. The molecular weight excluding hydrogens is 326 g/mol. The lowest BCUT2D eigenvalue weighted by atomic mass is 9.90. The number of nitrogens with one attached hydrogen (secondary N) is 1. The van der Waals surface area contributed by atoms with E-state index in [2.05, 4.69) is 58.7 Å². The van der Waals surface area contributed by atoms with Gasteiger partial charge in [0, 0.05) is 32.1 Å². The Kier molecular flexibility index (Phi) is 4.71. The number of amides is 2. The van der Waals surface area contributed by atoms with E-state index < -0.39 is 0 Å². The van der Waals surface area contributed by atoms with E-state index in [-0.39, 0.29) is 30.3 Å². The molecule has 1 atom stereocenters. The van der Waals surface area contributed by atoms with Gasteiger partial charge in [0.15, 0.2) is 0 Å². The number of rotatable bonds is 4. The van der Waals surface area contributed by atoms with Gasteiger partial charge in [0.25, 0.3) is 0 Å². The Bertz CT molecular complexity index is 739. The Morgan fingerprint density at radius 3 is 2.15 bits per heavy atom. The third-order valence-electron chi connectivity index (χ3n) is 5.35. The lowest BCUT2D eigenvalue weighted by Crippen LogP contribution is -2.66. The number of nitrogens with zero attached hydrogens (tertiary/aromatic N) is 2. The molecule has 0 radical (unpaired) electrons. The quantitative estimate of drug-likeness (QED) is 0.909. The summed E-state index contributed by atoms with van der Waals surface area (Å²) >= 11 is 0. The maximum Gasteiger partial charge on any atom is 0.244 e. The molecule has 5 nitrogen and oxygen atoms in total. The molecule has 2 aromatic rings. The number of hydrogen-bond donors (Lipinski definition) is 1. The Balaban J connectivity index is 1.55. The third kappa shape index (κ3) is 3.35. The molecule has 2 heterocycles. The molecule has 26 heavy (non-hydrogen) atoms. The molecule has 0 saturated carbocycles. The second-order valence-electron chi connectivity index (χ2n) is 6.95. The zero-order valence-electron chi connectivity index (χ0n) is 14.7. The minimum absolute atomic E-state index is 0.0249. The van der Waals surface area contributed by atoms with Crippen LogP contribution in [0.5, 0.6) is 0 Å². The highest BCUT2D eigenvalue weighted by atomic mass is 16.2. The van der Waals surface area contributed by atoms with Crippen LogP contribution in [0.25, 0.3) is 0 Å². The first-order valence-electron chi connectivity index (χ1n) is 9.12. The molecule has 2 fully saturated rings. The molecule has 1 N–H and O–H groups in total. The highest BCUT2D eigenvalue weighted by Gasteiger charge is 2.39. The van der Waals surface area contributed by atoms with Gasteiger partial charge in [-0.3, -0.25) is 14.5 Å². The average Bonchev–Trinajstić information content (AvgIpc) is 2.70. The Labute approximate surface area is 153 Å². The van der Waals surface area contributed by atoms with Crippen LogP contribution in [0.3, 0.4) is 0 Å². The Morgan fingerprint density at radius 2 is 1.54 bits per heavy atom. The van der Waals surface area contributed by atoms with Crippen molar-refractivity contribution in [1.29, 1.82) is 0 Å². The van der Waals surface area contributed by atoms with Crippen LogP contribution in [0.1, 0.15) is 17.0 Å². The van der Waals surface area contributed by atoms with Gasteiger partial charge in [0.2, 0.25) is 11.8 Å². The van der Waals surface area contributed by atoms with Gasteiger partial charge in [0.05, 0.1) is 6.54 Å². The number of hydrogen-bond acceptors (Lipinski definition) is 3. The molecule has 2 aliphatic heterocycles. The largest absolute Gasteiger partial charge is 0.345 e. The van der Waals surface area contributed by atoms with Crippen molar-refractivity contribution in [1.82, 2.24) is 15.1 Å². The fourth-order valence-electron chi connectivity index (χ4n) is 3.94. The number of piperazine rings is 2. The van der Waals surface area contributed by atoms with Crippen LogP contribution in [0.15, 0.2) is 60.7 Å². The zero-order valence-corrected chi connectivity index (χ0v) is 14.7. The maximum atomic E-state index is 12.2. The highest BCUT2D eigenvalue weighted by Crippen LogP contribution is 2.27. The Morgan fingerprint density at radius 1 is 0.923 bits per heavy atom. The molecule has 5 heteroatoms. The number of carbonyl (C=O) groups excluding carboxylic acids is 2. The zero-order chi connectivity index (χ0) is 17.9. The summed E-state index contributed by atoms with van der Waals surface area (Å²) in [5.41, 5.74) is 2.54. The van der Waals surface area contributed by atoms with E-state index in [0.29, 0.717) is 13.1 Å². The van der Waals surface area contributed by atoms with Crippen molar-refractivity contribution in [2.24, 2.45) is 0 Å². The summed E-state index contributed by atoms with van der Waals surface area (Å²) in [6.45, 7) is 2.97. The summed E-state index contributed by atoms with van der Waals surface area (Å²) in [7, 11) is 0. The minimum atomic E-state index is -0.364. The summed E-state index contributed by atoms with van der Waals surface area (Å²) in [5, 5.41) is 2.71. The van der Waals surface area contributed by atoms with E-state index in [4.69, 9.17) is 0 Å². The second-order valence-corrected chi connectivity index (χ2v) is 6.95. The number of benzene rings is 2. The van der Waals surface area contributed by atoms with Crippen molar-refractivity contribution in [2.75, 3.05) is 32.7 Å². The smallest absolute Gasteiger partial charge is 0.244 e. The fourth-order valence-corrected chi connectivity index (χ4v) is 3.94. The Hall–Kier alpha value is -2.66. The van der Waals surface area contributed by atoms with Crippen molar-refractivity contribution in [3.8, 4) is 0 Å². The van der Waals surface area contributed by atoms with Crippen LogP contribution in [-0.4, -0.2) is 60.4 Å². The summed E-state index contributed by atoms with van der Waals surface area (Å²) in [4.78, 5) is 28.3. The molecule has 4 rings (SSSR count). The first-order chi connectivity index (χ1) is 12.7. The standard InChI is InChI=1S/C21H23N3O2/c25-20-13-22-21(26)19-15-23(11-12-24(19)20)14-18(16-7-3-1-4-8-16)17-9-5-2-6-10-17/h1-10,18-19H,11-15H2,(H,22,26). The SMILES string of the molecule is O=C1NCC(=O)N2CCN(CC(c3ccccc3)c3ccccc3)CC12. The summed E-state index contributed by atoms with van der Waals surface area (Å²) in [6, 6.07) is 20.6. The lowest BCUT2D eigenvalue weighted by Gasteiger charge is -2.43. The highest BCUT2D eigenvalue weighted by molar-refractivity contribution is 5.95. The van der Waals surface area contributed by atoms with Gasteiger partial charge in [-0.25, -0.2) is 0 Å². The van der Waals surface area contributed by atoms with Crippen LogP contribution in [-0.2, 0) is 9.59 Å². The molecule has 2 amide bonds. The molecule has 2 aromatic carbocycles. The van der Waals surface area contributed by atoms with Crippen molar-refractivity contribution in [3.05, 3.63) is 71.8 Å². The van der Waals surface area contributed by atoms with Crippen LogP contribution in [0, 0.1) is 0 Å². The lowest BCUT2D eigenvalue weighted by molar-refractivity contribution is -0.149. The average molecular weight is 349 g/mol. The summed E-state index contributed by atoms with van der Waals surface area (Å²) in [6.07, 6.45) is 0. The second kappa shape index (κ2) is 7.30. The number of carbonyl (C=O) groups is 2. The topological polar surface area (TPSA) is 52.7 Å². The van der Waals surface area contributed by atoms with Crippen molar-refractivity contribution >= 4 is 11.8 Å². The van der Waals surface area contributed by atoms with Gasteiger partial charge in [0.1, 0.15) is 6.04 Å². The maximum absolute atomic E-state index is 12.2. The van der Waals surface area contributed by atoms with Crippen molar-refractivity contribution in [3.63, 3.8) is 0 Å². The van der Waals surface area contributed by atoms with Crippen LogP contribution in [0.4, 0.5) is 0 Å². The van der Waals surface area contributed by atoms with Gasteiger partial charge in [-0.05, 0) is 11.1 Å². The van der Waals surface area contributed by atoms with E-state index in [1.807, 2.05) is 12.1 Å². The predicted octanol–water partition coefficient (Wildman–Crippen LogP) is 1.46. The molecule has 0 aromatic heterocycles. The van der Waals surface area contributed by atoms with E-state index in [9.17, 15) is 9.59 Å². The van der Waals surface area contributed by atoms with Crippen LogP contribution < -0.4 is 5.32 Å². The molecule has 0 aliphatic carbocycles. The van der Waals surface area contributed by atoms with E-state index in [1.165, 1.54) is 11.1 Å². The molecule has 134 valence electrons. The van der Waals surface area contributed by atoms with Gasteiger partial charge in [-0.15, -0.1) is 0 Å². The van der Waals surface area contributed by atoms with E-state index >= 15 is 0 Å². The predicted molar refractivity (Wildman–Crippen MR) is 99.7 cm³/mol. The van der Waals surface area contributed by atoms with E-state index in [0.717, 1.165) is 13.1 Å². The van der Waals surface area contributed by atoms with Crippen molar-refractivity contribution in [2.45, 2.75) is 12.0 Å². The normalized spacial score (nSPS) is 20.8. The summed E-state index contributed by atoms with van der Waals surface area (Å²) < 4.78 is 0. The van der Waals surface area contributed by atoms with E-state index in [1.54, 1.807) is 4.90 Å². The molecule has 2 saturated heterocycles. The van der Waals surface area contributed by atoms with Crippen LogP contribution in [0.2, 0.25) is 0 Å². The van der Waals surface area contributed by atoms with Gasteiger partial charge >= 0.3 is 0 Å². The summed E-state index contributed by atoms with van der Waals surface area (Å²) in [5.74, 6) is 0.230. The van der Waals surface area contributed by atoms with Crippen LogP contribution >= 0.6 is 0 Å². The molecule has 0 bridgehead atoms. The minimum Gasteiger partial charge on any atom is -0.345 e. The van der Waals surface area contributed by atoms with Crippen molar-refractivity contribution < 1.29 is 9.59 Å².